The van der Waals surface area contributed by atoms with Crippen molar-refractivity contribution in [2.75, 3.05) is 26.2 Å². The molecule has 0 aromatic heterocycles. The first kappa shape index (κ1) is 16.4. The Morgan fingerprint density at radius 3 is 2.56 bits per heavy atom. The predicted octanol–water partition coefficient (Wildman–Crippen LogP) is 2.13. The zero-order valence-corrected chi connectivity index (χ0v) is 15.7. The van der Waals surface area contributed by atoms with E-state index in [2.05, 4.69) is 22.5 Å². The van der Waals surface area contributed by atoms with Gasteiger partial charge in [0.1, 0.15) is 0 Å². The molecule has 3 aliphatic carbocycles. The number of hydrogen-bond acceptors (Lipinski definition) is 3. The molecule has 3 saturated carbocycles. The second kappa shape index (κ2) is 6.41. The van der Waals surface area contributed by atoms with Gasteiger partial charge in [-0.1, -0.05) is 6.42 Å². The molecule has 3 atom stereocenters. The van der Waals surface area contributed by atoms with Crippen LogP contribution in [0, 0.1) is 11.3 Å². The molecule has 0 aromatic rings. The van der Waals surface area contributed by atoms with E-state index in [9.17, 15) is 0 Å². The molecule has 140 valence electrons. The van der Waals surface area contributed by atoms with Crippen LogP contribution in [0.25, 0.3) is 0 Å². The molecule has 5 nitrogen and oxygen atoms in total. The number of nitrogens with zero attached hydrogens (tertiary/aromatic N) is 2. The fraction of sp³-hybridized carbons (Fsp3) is 0.950. The first-order chi connectivity index (χ1) is 12.3. The number of piperidine rings is 1. The Morgan fingerprint density at radius 2 is 1.92 bits per heavy atom. The minimum Gasteiger partial charge on any atom is -0.377 e. The molecule has 1 spiro atoms. The second-order valence-electron chi connectivity index (χ2n) is 8.96. The van der Waals surface area contributed by atoms with Crippen LogP contribution in [0.4, 0.5) is 0 Å². The van der Waals surface area contributed by atoms with Gasteiger partial charge in [0.15, 0.2) is 5.96 Å². The highest BCUT2D eigenvalue weighted by molar-refractivity contribution is 5.80. The number of fused-ring (bicyclic) bond motifs is 2. The van der Waals surface area contributed by atoms with Gasteiger partial charge in [-0.05, 0) is 51.9 Å². The normalized spacial score (nSPS) is 38.1. The summed E-state index contributed by atoms with van der Waals surface area (Å²) in [6, 6.07) is 2.08. The van der Waals surface area contributed by atoms with Gasteiger partial charge in [0.25, 0.3) is 0 Å². The molecule has 3 unspecified atom stereocenters. The molecule has 2 saturated heterocycles. The first-order valence-electron chi connectivity index (χ1n) is 10.7. The molecular formula is C20H34N4O. The fourth-order valence-corrected chi connectivity index (χ4v) is 5.94. The van der Waals surface area contributed by atoms with E-state index < -0.39 is 0 Å². The highest BCUT2D eigenvalue weighted by atomic mass is 16.5. The summed E-state index contributed by atoms with van der Waals surface area (Å²) in [5, 5.41) is 7.63. The van der Waals surface area contributed by atoms with Crippen molar-refractivity contribution in [2.45, 2.75) is 82.5 Å². The molecule has 0 bridgehead atoms. The summed E-state index contributed by atoms with van der Waals surface area (Å²) < 4.78 is 6.07. The Labute approximate surface area is 152 Å². The van der Waals surface area contributed by atoms with Gasteiger partial charge in [0.05, 0.1) is 6.10 Å². The van der Waals surface area contributed by atoms with Crippen molar-refractivity contribution in [3.05, 3.63) is 0 Å². The van der Waals surface area contributed by atoms with Gasteiger partial charge in [0.2, 0.25) is 0 Å². The number of guanidine groups is 1. The standard InChI is InChI=1S/C20H34N4O/c1-2-21-19(22-14-6-11-24(12-7-14)15-4-5-15)23-17-16-8-13-25-18(16)20(17)9-3-10-20/h14-18H,2-13H2,1H3,(H2,21,22,23). The average Bonchev–Trinajstić information content (AvgIpc) is 3.33. The van der Waals surface area contributed by atoms with Crippen LogP contribution in [0.1, 0.15) is 58.3 Å². The first-order valence-corrected chi connectivity index (χ1v) is 10.7. The van der Waals surface area contributed by atoms with Gasteiger partial charge in [-0.15, -0.1) is 0 Å². The molecule has 2 aliphatic heterocycles. The predicted molar refractivity (Wildman–Crippen MR) is 99.8 cm³/mol. The minimum absolute atomic E-state index is 0.423. The highest BCUT2D eigenvalue weighted by Gasteiger charge is 2.66. The van der Waals surface area contributed by atoms with Crippen molar-refractivity contribution in [3.63, 3.8) is 0 Å². The van der Waals surface area contributed by atoms with Crippen LogP contribution in [0.15, 0.2) is 4.99 Å². The Hall–Kier alpha value is -0.810. The lowest BCUT2D eigenvalue weighted by Gasteiger charge is -2.63. The maximum atomic E-state index is 6.07. The number of likely N-dealkylation sites (tertiary alicyclic amines) is 1. The Bertz CT molecular complexity index is 520. The highest BCUT2D eigenvalue weighted by Crippen LogP contribution is 2.62. The second-order valence-corrected chi connectivity index (χ2v) is 8.96. The number of ether oxygens (including phenoxy) is 1. The topological polar surface area (TPSA) is 48.9 Å². The molecule has 0 radical (unpaired) electrons. The largest absolute Gasteiger partial charge is 0.377 e. The SMILES string of the molecule is CCN=C(NC1CCN(C2CC2)CC1)NC1C2CCOC2C12CCC2. The number of nitrogens with one attached hydrogen (secondary N) is 2. The maximum absolute atomic E-state index is 6.07. The molecule has 25 heavy (non-hydrogen) atoms. The quantitative estimate of drug-likeness (QED) is 0.605. The Morgan fingerprint density at radius 1 is 1.12 bits per heavy atom. The van der Waals surface area contributed by atoms with E-state index in [1.54, 1.807) is 0 Å². The molecule has 0 amide bonds. The molecule has 5 aliphatic rings. The van der Waals surface area contributed by atoms with Crippen LogP contribution in [-0.4, -0.2) is 61.3 Å². The third kappa shape index (κ3) is 2.78. The van der Waals surface area contributed by atoms with Crippen LogP contribution in [0.5, 0.6) is 0 Å². The molecule has 2 N–H and O–H groups in total. The van der Waals surface area contributed by atoms with Gasteiger partial charge < -0.3 is 20.3 Å². The van der Waals surface area contributed by atoms with Crippen LogP contribution in [-0.2, 0) is 4.74 Å². The number of aliphatic imine (C=N–C) groups is 1. The summed E-state index contributed by atoms with van der Waals surface area (Å²) in [6.07, 6.45) is 11.2. The summed E-state index contributed by atoms with van der Waals surface area (Å²) in [5.74, 6) is 1.77. The smallest absolute Gasteiger partial charge is 0.191 e. The molecular weight excluding hydrogens is 312 g/mol. The summed E-state index contributed by atoms with van der Waals surface area (Å²) in [5.41, 5.74) is 0.423. The summed E-state index contributed by atoms with van der Waals surface area (Å²) in [6.45, 7) is 6.46. The van der Waals surface area contributed by atoms with Crippen molar-refractivity contribution in [1.29, 1.82) is 0 Å². The molecule has 2 heterocycles. The van der Waals surface area contributed by atoms with E-state index in [0.29, 0.717) is 29.5 Å². The lowest BCUT2D eigenvalue weighted by molar-refractivity contribution is -0.171. The van der Waals surface area contributed by atoms with E-state index in [0.717, 1.165) is 25.2 Å². The van der Waals surface area contributed by atoms with E-state index in [4.69, 9.17) is 9.73 Å². The Balaban J connectivity index is 1.19. The van der Waals surface area contributed by atoms with Crippen molar-refractivity contribution in [2.24, 2.45) is 16.3 Å². The van der Waals surface area contributed by atoms with Crippen LogP contribution in [0.3, 0.4) is 0 Å². The van der Waals surface area contributed by atoms with Gasteiger partial charge in [-0.25, -0.2) is 0 Å². The number of hydrogen-bond donors (Lipinski definition) is 2. The molecule has 5 heteroatoms. The van der Waals surface area contributed by atoms with Gasteiger partial charge >= 0.3 is 0 Å². The average molecular weight is 347 g/mol. The van der Waals surface area contributed by atoms with E-state index in [1.165, 1.54) is 64.5 Å². The van der Waals surface area contributed by atoms with Gasteiger partial charge in [-0.3, -0.25) is 4.99 Å². The maximum Gasteiger partial charge on any atom is 0.191 e. The van der Waals surface area contributed by atoms with Gasteiger partial charge in [-0.2, -0.15) is 0 Å². The lowest BCUT2D eigenvalue weighted by Crippen LogP contribution is -2.72. The number of rotatable bonds is 4. The lowest BCUT2D eigenvalue weighted by atomic mass is 9.46. The van der Waals surface area contributed by atoms with Crippen molar-refractivity contribution in [1.82, 2.24) is 15.5 Å². The van der Waals surface area contributed by atoms with Crippen LogP contribution in [0.2, 0.25) is 0 Å². The van der Waals surface area contributed by atoms with Gasteiger partial charge in [0, 0.05) is 55.7 Å². The van der Waals surface area contributed by atoms with Crippen molar-refractivity contribution < 1.29 is 4.74 Å². The zero-order valence-electron chi connectivity index (χ0n) is 15.7. The van der Waals surface area contributed by atoms with Crippen molar-refractivity contribution >= 4 is 5.96 Å². The summed E-state index contributed by atoms with van der Waals surface area (Å²) in [4.78, 5) is 7.48. The van der Waals surface area contributed by atoms with E-state index >= 15 is 0 Å². The third-order valence-corrected chi connectivity index (χ3v) is 7.58. The molecule has 0 aromatic carbocycles. The van der Waals surface area contributed by atoms with E-state index in [1.807, 2.05) is 0 Å². The monoisotopic (exact) mass is 346 g/mol. The summed E-state index contributed by atoms with van der Waals surface area (Å²) in [7, 11) is 0. The third-order valence-electron chi connectivity index (χ3n) is 7.58. The van der Waals surface area contributed by atoms with E-state index in [-0.39, 0.29) is 0 Å². The van der Waals surface area contributed by atoms with Crippen molar-refractivity contribution in [3.8, 4) is 0 Å². The fourth-order valence-electron chi connectivity index (χ4n) is 5.94. The Kier molecular flexibility index (Phi) is 4.20. The molecule has 5 rings (SSSR count). The minimum atomic E-state index is 0.423. The molecule has 5 fully saturated rings. The van der Waals surface area contributed by atoms with Crippen LogP contribution < -0.4 is 10.6 Å². The zero-order chi connectivity index (χ0) is 16.9. The van der Waals surface area contributed by atoms with Crippen LogP contribution >= 0.6 is 0 Å². The summed E-state index contributed by atoms with van der Waals surface area (Å²) >= 11 is 0.